The van der Waals surface area contributed by atoms with Crippen LogP contribution < -0.4 is 9.47 Å². The zero-order valence-corrected chi connectivity index (χ0v) is 12.3. The fourth-order valence-electron chi connectivity index (χ4n) is 1.47. The van der Waals surface area contributed by atoms with Crippen molar-refractivity contribution < 1.29 is 18.7 Å². The third kappa shape index (κ3) is 4.06. The predicted molar refractivity (Wildman–Crippen MR) is 76.3 cm³/mol. The highest BCUT2D eigenvalue weighted by atomic mass is 79.9. The minimum Gasteiger partial charge on any atom is -0.479 e. The van der Waals surface area contributed by atoms with Gasteiger partial charge in [0.25, 0.3) is 0 Å². The van der Waals surface area contributed by atoms with Crippen molar-refractivity contribution in [3.63, 3.8) is 0 Å². The van der Waals surface area contributed by atoms with Crippen molar-refractivity contribution >= 4 is 21.9 Å². The van der Waals surface area contributed by atoms with Crippen LogP contribution in [0, 0.1) is 5.82 Å². The first-order chi connectivity index (χ1) is 9.54. The maximum atomic E-state index is 12.8. The minimum absolute atomic E-state index is 0.359. The molecular weight excluding hydrogens is 327 g/mol. The Balaban J connectivity index is 1.94. The minimum atomic E-state index is -0.788. The van der Waals surface area contributed by atoms with Gasteiger partial charge in [-0.2, -0.15) is 0 Å². The van der Waals surface area contributed by atoms with Gasteiger partial charge < -0.3 is 9.47 Å². The zero-order valence-electron chi connectivity index (χ0n) is 10.7. The molecule has 2 rings (SSSR count). The molecule has 0 aromatic heterocycles. The highest BCUT2D eigenvalue weighted by molar-refractivity contribution is 9.10. The van der Waals surface area contributed by atoms with Crippen LogP contribution in [0.5, 0.6) is 11.5 Å². The molecule has 104 valence electrons. The number of carbonyl (C=O) groups is 1. The van der Waals surface area contributed by atoms with E-state index in [0.717, 1.165) is 4.47 Å². The summed E-state index contributed by atoms with van der Waals surface area (Å²) in [5, 5.41) is 0. The van der Waals surface area contributed by atoms with Gasteiger partial charge >= 0.3 is 5.97 Å². The lowest BCUT2D eigenvalue weighted by Crippen LogP contribution is -2.28. The average Bonchev–Trinajstić information content (AvgIpc) is 2.44. The molecule has 0 radical (unpaired) electrons. The molecule has 5 heteroatoms. The van der Waals surface area contributed by atoms with Crippen LogP contribution in [0.2, 0.25) is 0 Å². The van der Waals surface area contributed by atoms with E-state index in [1.807, 2.05) is 0 Å². The molecular formula is C15H12BrFO3. The molecule has 3 nitrogen and oxygen atoms in total. The second-order valence-electron chi connectivity index (χ2n) is 4.09. The number of esters is 1. The molecule has 2 aromatic carbocycles. The Bertz CT molecular complexity index is 581. The van der Waals surface area contributed by atoms with Crippen LogP contribution in [0.4, 0.5) is 4.39 Å². The maximum absolute atomic E-state index is 12.8. The van der Waals surface area contributed by atoms with Gasteiger partial charge in [0.2, 0.25) is 0 Å². The lowest BCUT2D eigenvalue weighted by Gasteiger charge is -2.13. The molecule has 0 amide bonds. The number of rotatable bonds is 4. The maximum Gasteiger partial charge on any atom is 0.352 e. The summed E-state index contributed by atoms with van der Waals surface area (Å²) in [5.74, 6) is -0.0292. The van der Waals surface area contributed by atoms with E-state index in [-0.39, 0.29) is 5.82 Å². The number of carbonyl (C=O) groups excluding carboxylic acids is 1. The van der Waals surface area contributed by atoms with E-state index >= 15 is 0 Å². The quantitative estimate of drug-likeness (QED) is 0.625. The molecule has 20 heavy (non-hydrogen) atoms. The van der Waals surface area contributed by atoms with Gasteiger partial charge in [-0.1, -0.05) is 15.9 Å². The van der Waals surface area contributed by atoms with Crippen molar-refractivity contribution in [3.05, 3.63) is 58.8 Å². The van der Waals surface area contributed by atoms with E-state index < -0.39 is 12.1 Å². The summed E-state index contributed by atoms with van der Waals surface area (Å²) < 4.78 is 24.2. The lowest BCUT2D eigenvalue weighted by atomic mass is 10.3. The molecule has 0 saturated heterocycles. The Hall–Kier alpha value is -1.88. The van der Waals surface area contributed by atoms with Gasteiger partial charge in [-0.05, 0) is 55.5 Å². The summed E-state index contributed by atoms with van der Waals surface area (Å²) in [6.45, 7) is 1.57. The normalized spacial score (nSPS) is 11.8. The Kier molecular flexibility index (Phi) is 4.74. The zero-order chi connectivity index (χ0) is 14.5. The van der Waals surface area contributed by atoms with Crippen LogP contribution in [0.3, 0.4) is 0 Å². The molecule has 0 aliphatic carbocycles. The van der Waals surface area contributed by atoms with Crippen LogP contribution in [0.25, 0.3) is 0 Å². The van der Waals surface area contributed by atoms with Crippen LogP contribution in [-0.4, -0.2) is 12.1 Å². The van der Waals surface area contributed by atoms with Gasteiger partial charge in [0.15, 0.2) is 6.10 Å². The molecule has 0 saturated carbocycles. The van der Waals surface area contributed by atoms with Crippen molar-refractivity contribution in [1.82, 2.24) is 0 Å². The second kappa shape index (κ2) is 6.52. The molecule has 0 bridgehead atoms. The van der Waals surface area contributed by atoms with Gasteiger partial charge in [-0.15, -0.1) is 0 Å². The van der Waals surface area contributed by atoms with Gasteiger partial charge in [0.1, 0.15) is 17.3 Å². The van der Waals surface area contributed by atoms with E-state index in [9.17, 15) is 9.18 Å². The molecule has 0 aliphatic heterocycles. The Morgan fingerprint density at radius 1 is 1.05 bits per heavy atom. The first kappa shape index (κ1) is 14.5. The second-order valence-corrected chi connectivity index (χ2v) is 5.00. The molecule has 0 unspecified atom stereocenters. The van der Waals surface area contributed by atoms with Crippen molar-refractivity contribution in [2.75, 3.05) is 0 Å². The number of hydrogen-bond donors (Lipinski definition) is 0. The number of benzene rings is 2. The van der Waals surface area contributed by atoms with Gasteiger partial charge in [0.05, 0.1) is 0 Å². The average molecular weight is 339 g/mol. The van der Waals surface area contributed by atoms with Crippen LogP contribution in [0.1, 0.15) is 6.92 Å². The fourth-order valence-corrected chi connectivity index (χ4v) is 1.73. The number of halogens is 2. The largest absolute Gasteiger partial charge is 0.479 e. The molecule has 1 atom stereocenters. The topological polar surface area (TPSA) is 35.5 Å². The van der Waals surface area contributed by atoms with Crippen molar-refractivity contribution in [1.29, 1.82) is 0 Å². The van der Waals surface area contributed by atoms with Crippen molar-refractivity contribution in [2.24, 2.45) is 0 Å². The van der Waals surface area contributed by atoms with Crippen molar-refractivity contribution in [3.8, 4) is 11.5 Å². The lowest BCUT2D eigenvalue weighted by molar-refractivity contribution is -0.141. The van der Waals surface area contributed by atoms with Crippen LogP contribution >= 0.6 is 15.9 Å². The van der Waals surface area contributed by atoms with Gasteiger partial charge in [0, 0.05) is 4.47 Å². The monoisotopic (exact) mass is 338 g/mol. The Labute approximate surface area is 124 Å². The van der Waals surface area contributed by atoms with E-state index in [2.05, 4.69) is 15.9 Å². The third-order valence-corrected chi connectivity index (χ3v) is 3.02. The molecule has 0 N–H and O–H groups in total. The molecule has 2 aromatic rings. The summed E-state index contributed by atoms with van der Waals surface area (Å²) in [6, 6.07) is 12.3. The summed E-state index contributed by atoms with van der Waals surface area (Å²) in [4.78, 5) is 11.8. The number of ether oxygens (including phenoxy) is 2. The Morgan fingerprint density at radius 2 is 1.60 bits per heavy atom. The summed E-state index contributed by atoms with van der Waals surface area (Å²) in [7, 11) is 0. The van der Waals surface area contributed by atoms with E-state index in [1.165, 1.54) is 24.3 Å². The molecule has 0 aliphatic rings. The van der Waals surface area contributed by atoms with Crippen LogP contribution in [-0.2, 0) is 4.79 Å². The SMILES string of the molecule is C[C@@H](Oc1ccc(F)cc1)C(=O)Oc1ccc(Br)cc1. The fraction of sp³-hybridized carbons (Fsp3) is 0.133. The summed E-state index contributed by atoms with van der Waals surface area (Å²) in [6.07, 6.45) is -0.788. The summed E-state index contributed by atoms with van der Waals surface area (Å²) >= 11 is 3.29. The standard InChI is InChI=1S/C15H12BrFO3/c1-10(19-13-8-4-12(17)5-9-13)15(18)20-14-6-2-11(16)3-7-14/h2-10H,1H3/t10-/m1/s1. The highest BCUT2D eigenvalue weighted by Crippen LogP contribution is 2.18. The highest BCUT2D eigenvalue weighted by Gasteiger charge is 2.17. The molecule has 0 heterocycles. The van der Waals surface area contributed by atoms with Crippen molar-refractivity contribution in [2.45, 2.75) is 13.0 Å². The smallest absolute Gasteiger partial charge is 0.352 e. The Morgan fingerprint density at radius 3 is 2.20 bits per heavy atom. The summed E-state index contributed by atoms with van der Waals surface area (Å²) in [5.41, 5.74) is 0. The first-order valence-corrected chi connectivity index (χ1v) is 6.73. The first-order valence-electron chi connectivity index (χ1n) is 5.94. The van der Waals surface area contributed by atoms with E-state index in [0.29, 0.717) is 11.5 Å². The number of hydrogen-bond acceptors (Lipinski definition) is 3. The van der Waals surface area contributed by atoms with E-state index in [1.54, 1.807) is 31.2 Å². The van der Waals surface area contributed by atoms with Crippen LogP contribution in [0.15, 0.2) is 53.0 Å². The molecule has 0 spiro atoms. The van der Waals surface area contributed by atoms with Gasteiger partial charge in [-0.25, -0.2) is 9.18 Å². The third-order valence-electron chi connectivity index (χ3n) is 2.49. The van der Waals surface area contributed by atoms with E-state index in [4.69, 9.17) is 9.47 Å². The predicted octanol–water partition coefficient (Wildman–Crippen LogP) is 3.96. The van der Waals surface area contributed by atoms with Gasteiger partial charge in [-0.3, -0.25) is 0 Å². The molecule has 0 fully saturated rings.